The van der Waals surface area contributed by atoms with Crippen LogP contribution in [0.3, 0.4) is 0 Å². The largest absolute Gasteiger partial charge is 0.341 e. The van der Waals surface area contributed by atoms with Crippen LogP contribution in [0.25, 0.3) is 0 Å². The highest BCUT2D eigenvalue weighted by molar-refractivity contribution is 7.81. The fourth-order valence-electron chi connectivity index (χ4n) is 1.97. The lowest BCUT2D eigenvalue weighted by molar-refractivity contribution is -0.130. The molecule has 1 aliphatic rings. The molecule has 0 aliphatic carbocycles. The van der Waals surface area contributed by atoms with E-state index in [0.29, 0.717) is 17.6 Å². The number of carbonyl (C=O) groups is 1. The molecule has 1 fully saturated rings. The minimum Gasteiger partial charge on any atom is -0.341 e. The van der Waals surface area contributed by atoms with E-state index in [2.05, 4.69) is 26.5 Å². The van der Waals surface area contributed by atoms with Gasteiger partial charge in [0, 0.05) is 13.1 Å². The Kier molecular flexibility index (Phi) is 3.44. The van der Waals surface area contributed by atoms with Crippen LogP contribution < -0.4 is 0 Å². The Morgan fingerprint density at radius 1 is 1.42 bits per heavy atom. The van der Waals surface area contributed by atoms with Crippen molar-refractivity contribution in [3.05, 3.63) is 0 Å². The first kappa shape index (κ1) is 9.90. The Morgan fingerprint density at radius 3 is 2.33 bits per heavy atom. The lowest BCUT2D eigenvalue weighted by Crippen LogP contribution is -2.43. The maximum Gasteiger partial charge on any atom is 0.232 e. The molecule has 0 aromatic carbocycles. The molecule has 2 atom stereocenters. The van der Waals surface area contributed by atoms with E-state index >= 15 is 0 Å². The predicted molar refractivity (Wildman–Crippen MR) is 53.4 cm³/mol. The Balaban J connectivity index is 2.49. The van der Waals surface area contributed by atoms with E-state index in [4.69, 9.17) is 0 Å². The van der Waals surface area contributed by atoms with Gasteiger partial charge in [-0.05, 0) is 18.3 Å². The molecule has 0 aromatic rings. The van der Waals surface area contributed by atoms with Gasteiger partial charge in [-0.3, -0.25) is 4.79 Å². The van der Waals surface area contributed by atoms with Crippen LogP contribution in [-0.2, 0) is 4.79 Å². The first-order valence-electron chi connectivity index (χ1n) is 4.52. The van der Waals surface area contributed by atoms with E-state index < -0.39 is 0 Å². The average molecular weight is 187 g/mol. The van der Waals surface area contributed by atoms with E-state index in [1.165, 1.54) is 6.42 Å². The molecular weight excluding hydrogens is 170 g/mol. The van der Waals surface area contributed by atoms with Crippen molar-refractivity contribution in [2.45, 2.75) is 20.3 Å². The third kappa shape index (κ3) is 2.41. The van der Waals surface area contributed by atoms with Gasteiger partial charge in [0.05, 0.1) is 5.75 Å². The molecule has 0 radical (unpaired) electrons. The van der Waals surface area contributed by atoms with Crippen LogP contribution in [0.2, 0.25) is 0 Å². The van der Waals surface area contributed by atoms with Gasteiger partial charge in [0.25, 0.3) is 0 Å². The van der Waals surface area contributed by atoms with Gasteiger partial charge >= 0.3 is 0 Å². The van der Waals surface area contributed by atoms with Gasteiger partial charge in [0.1, 0.15) is 0 Å². The first-order valence-corrected chi connectivity index (χ1v) is 5.15. The van der Waals surface area contributed by atoms with Crippen molar-refractivity contribution in [2.75, 3.05) is 18.8 Å². The van der Waals surface area contributed by atoms with Gasteiger partial charge < -0.3 is 4.90 Å². The summed E-state index contributed by atoms with van der Waals surface area (Å²) in [6.07, 6.45) is 1.25. The zero-order chi connectivity index (χ0) is 9.14. The van der Waals surface area contributed by atoms with E-state index in [1.54, 1.807) is 0 Å². The molecule has 3 heteroatoms. The van der Waals surface area contributed by atoms with Gasteiger partial charge in [0.2, 0.25) is 5.91 Å². The SMILES string of the molecule is CC1CC(C)CN(C(=O)CS)C1. The monoisotopic (exact) mass is 187 g/mol. The lowest BCUT2D eigenvalue weighted by Gasteiger charge is -2.34. The molecule has 0 aromatic heterocycles. The number of hydrogen-bond acceptors (Lipinski definition) is 2. The summed E-state index contributed by atoms with van der Waals surface area (Å²) < 4.78 is 0. The second kappa shape index (κ2) is 4.17. The number of rotatable bonds is 1. The molecule has 1 saturated heterocycles. The highest BCUT2D eigenvalue weighted by atomic mass is 32.1. The van der Waals surface area contributed by atoms with Crippen LogP contribution in [-0.4, -0.2) is 29.6 Å². The normalized spacial score (nSPS) is 30.4. The molecule has 1 rings (SSSR count). The number of amides is 1. The molecule has 0 bridgehead atoms. The molecule has 2 nitrogen and oxygen atoms in total. The topological polar surface area (TPSA) is 20.3 Å². The minimum atomic E-state index is 0.178. The Labute approximate surface area is 79.7 Å². The Hall–Kier alpha value is -0.180. The molecule has 0 N–H and O–H groups in total. The summed E-state index contributed by atoms with van der Waals surface area (Å²) in [6.45, 7) is 6.25. The highest BCUT2D eigenvalue weighted by Crippen LogP contribution is 2.20. The summed E-state index contributed by atoms with van der Waals surface area (Å²) in [6, 6.07) is 0. The van der Waals surface area contributed by atoms with Crippen LogP contribution in [0.15, 0.2) is 0 Å². The number of thiol groups is 1. The van der Waals surface area contributed by atoms with Crippen LogP contribution in [0.4, 0.5) is 0 Å². The van der Waals surface area contributed by atoms with Crippen molar-refractivity contribution in [1.82, 2.24) is 4.90 Å². The van der Waals surface area contributed by atoms with Gasteiger partial charge in [0.15, 0.2) is 0 Å². The third-order valence-corrected chi connectivity index (χ3v) is 2.63. The zero-order valence-corrected chi connectivity index (χ0v) is 8.68. The van der Waals surface area contributed by atoms with Gasteiger partial charge in [-0.15, -0.1) is 0 Å². The number of carbonyl (C=O) groups excluding carboxylic acids is 1. The van der Waals surface area contributed by atoms with Gasteiger partial charge in [-0.1, -0.05) is 13.8 Å². The predicted octanol–water partition coefficient (Wildman–Crippen LogP) is 1.42. The zero-order valence-electron chi connectivity index (χ0n) is 7.79. The number of nitrogens with zero attached hydrogens (tertiary/aromatic N) is 1. The number of piperidine rings is 1. The van der Waals surface area contributed by atoms with Crippen molar-refractivity contribution in [1.29, 1.82) is 0 Å². The summed E-state index contributed by atoms with van der Waals surface area (Å²) in [7, 11) is 0. The highest BCUT2D eigenvalue weighted by Gasteiger charge is 2.24. The Morgan fingerprint density at radius 2 is 1.92 bits per heavy atom. The number of hydrogen-bond donors (Lipinski definition) is 1. The van der Waals surface area contributed by atoms with Crippen molar-refractivity contribution in [2.24, 2.45) is 11.8 Å². The van der Waals surface area contributed by atoms with Crippen molar-refractivity contribution in [3.8, 4) is 0 Å². The van der Waals surface area contributed by atoms with E-state index in [0.717, 1.165) is 13.1 Å². The van der Waals surface area contributed by atoms with Crippen LogP contribution in [0, 0.1) is 11.8 Å². The molecule has 0 saturated carbocycles. The average Bonchev–Trinajstić information content (AvgIpc) is 2.01. The summed E-state index contributed by atoms with van der Waals surface area (Å²) in [4.78, 5) is 13.2. The molecule has 1 aliphatic heterocycles. The van der Waals surface area contributed by atoms with E-state index in [-0.39, 0.29) is 5.91 Å². The maximum atomic E-state index is 11.3. The standard InChI is InChI=1S/C9H17NOS/c1-7-3-8(2)5-10(4-7)9(11)6-12/h7-8,12H,3-6H2,1-2H3. The van der Waals surface area contributed by atoms with Crippen molar-refractivity contribution < 1.29 is 4.79 Å². The summed E-state index contributed by atoms with van der Waals surface area (Å²) in [5.74, 6) is 1.83. The second-order valence-electron chi connectivity index (χ2n) is 3.90. The minimum absolute atomic E-state index is 0.178. The van der Waals surface area contributed by atoms with Crippen molar-refractivity contribution in [3.63, 3.8) is 0 Å². The smallest absolute Gasteiger partial charge is 0.232 e. The van der Waals surface area contributed by atoms with Crippen molar-refractivity contribution >= 4 is 18.5 Å². The fraction of sp³-hybridized carbons (Fsp3) is 0.889. The molecule has 1 amide bonds. The van der Waals surface area contributed by atoms with Gasteiger partial charge in [-0.2, -0.15) is 12.6 Å². The van der Waals surface area contributed by atoms with E-state index in [9.17, 15) is 4.79 Å². The fourth-order valence-corrected chi connectivity index (χ4v) is 2.17. The first-order chi connectivity index (χ1) is 5.63. The van der Waals surface area contributed by atoms with Crippen LogP contribution in [0.5, 0.6) is 0 Å². The second-order valence-corrected chi connectivity index (χ2v) is 4.22. The summed E-state index contributed by atoms with van der Waals surface area (Å²) in [5, 5.41) is 0. The van der Waals surface area contributed by atoms with E-state index in [1.807, 2.05) is 4.90 Å². The Bertz CT molecular complexity index is 162. The number of likely N-dealkylation sites (tertiary alicyclic amines) is 1. The van der Waals surface area contributed by atoms with Crippen LogP contribution in [0.1, 0.15) is 20.3 Å². The van der Waals surface area contributed by atoms with Gasteiger partial charge in [-0.25, -0.2) is 0 Å². The molecule has 12 heavy (non-hydrogen) atoms. The quantitative estimate of drug-likeness (QED) is 0.616. The molecule has 0 spiro atoms. The van der Waals surface area contributed by atoms with Crippen LogP contribution >= 0.6 is 12.6 Å². The molecule has 70 valence electrons. The molecule has 1 heterocycles. The summed E-state index contributed by atoms with van der Waals surface area (Å²) in [5.41, 5.74) is 0. The maximum absolute atomic E-state index is 11.3. The summed E-state index contributed by atoms with van der Waals surface area (Å²) >= 11 is 3.99. The molecule has 2 unspecified atom stereocenters. The third-order valence-electron chi connectivity index (χ3n) is 2.36. The molecular formula is C9H17NOS. The lowest BCUT2D eigenvalue weighted by atomic mass is 9.92.